The first kappa shape index (κ1) is 26.5. The van der Waals surface area contributed by atoms with Crippen LogP contribution in [0.25, 0.3) is 0 Å². The number of amides is 1. The van der Waals surface area contributed by atoms with E-state index in [2.05, 4.69) is 16.7 Å². The smallest absolute Gasteiger partial charge is 0.233 e. The maximum atomic E-state index is 12.7. The van der Waals surface area contributed by atoms with Crippen molar-refractivity contribution in [2.45, 2.75) is 114 Å². The van der Waals surface area contributed by atoms with Crippen molar-refractivity contribution in [2.24, 2.45) is 11.8 Å². The summed E-state index contributed by atoms with van der Waals surface area (Å²) in [4.78, 5) is 24.9. The summed E-state index contributed by atoms with van der Waals surface area (Å²) in [5.74, 6) is 0.743. The zero-order valence-corrected chi connectivity index (χ0v) is 21.0. The van der Waals surface area contributed by atoms with Crippen LogP contribution in [0.4, 0.5) is 0 Å². The van der Waals surface area contributed by atoms with Crippen molar-refractivity contribution >= 4 is 24.0 Å². The molecular weight excluding hydrogens is 432 g/mol. The van der Waals surface area contributed by atoms with Gasteiger partial charge in [0.05, 0.1) is 5.25 Å². The molecule has 0 aromatic carbocycles. The molecular formula is C27H44N2O3S. The van der Waals surface area contributed by atoms with Crippen LogP contribution in [0, 0.1) is 11.8 Å². The van der Waals surface area contributed by atoms with E-state index in [0.29, 0.717) is 24.4 Å². The Hall–Kier alpha value is -1.11. The Morgan fingerprint density at radius 1 is 1.03 bits per heavy atom. The van der Waals surface area contributed by atoms with Gasteiger partial charge in [0.15, 0.2) is 0 Å². The monoisotopic (exact) mass is 476 g/mol. The van der Waals surface area contributed by atoms with Crippen LogP contribution < -0.4 is 10.6 Å². The fourth-order valence-corrected chi connectivity index (χ4v) is 6.49. The SMILES string of the molecule is O=CCC(SC1=CC=CC1)C(=O)NCC1CCC(C(O)NC2CCCCCCCCC2)CC1. The summed E-state index contributed by atoms with van der Waals surface area (Å²) in [6.45, 7) is 0.672. The molecule has 0 heterocycles. The van der Waals surface area contributed by atoms with Crippen LogP contribution in [-0.2, 0) is 9.59 Å². The molecule has 0 bridgehead atoms. The Labute approximate surface area is 204 Å². The van der Waals surface area contributed by atoms with Gasteiger partial charge in [-0.15, -0.1) is 11.8 Å². The van der Waals surface area contributed by atoms with E-state index in [1.165, 1.54) is 69.5 Å². The lowest BCUT2D eigenvalue weighted by molar-refractivity contribution is -0.122. The molecule has 3 aliphatic carbocycles. The van der Waals surface area contributed by atoms with Gasteiger partial charge in [0.25, 0.3) is 0 Å². The Balaban J connectivity index is 1.36. The number of aliphatic hydroxyl groups excluding tert-OH is 1. The molecule has 2 atom stereocenters. The molecule has 33 heavy (non-hydrogen) atoms. The molecule has 2 saturated carbocycles. The van der Waals surface area contributed by atoms with Crippen molar-refractivity contribution in [3.8, 4) is 0 Å². The minimum Gasteiger partial charge on any atom is -0.378 e. The van der Waals surface area contributed by atoms with Crippen molar-refractivity contribution in [2.75, 3.05) is 6.54 Å². The molecule has 0 aliphatic heterocycles. The summed E-state index contributed by atoms with van der Waals surface area (Å²) in [6.07, 6.45) is 23.4. The molecule has 3 aliphatic rings. The molecule has 5 nitrogen and oxygen atoms in total. The van der Waals surface area contributed by atoms with Crippen LogP contribution in [0.1, 0.15) is 96.3 Å². The Morgan fingerprint density at radius 2 is 1.70 bits per heavy atom. The van der Waals surface area contributed by atoms with Gasteiger partial charge in [0, 0.05) is 19.0 Å². The number of carbonyl (C=O) groups is 2. The quantitative estimate of drug-likeness (QED) is 0.297. The Bertz CT molecular complexity index is 648. The van der Waals surface area contributed by atoms with E-state index in [1.54, 1.807) is 0 Å². The highest BCUT2D eigenvalue weighted by Crippen LogP contribution is 2.32. The lowest BCUT2D eigenvalue weighted by Gasteiger charge is -2.34. The molecule has 0 spiro atoms. The summed E-state index contributed by atoms with van der Waals surface area (Å²) in [6, 6.07) is 0.451. The molecule has 186 valence electrons. The average Bonchev–Trinajstić information content (AvgIpc) is 3.35. The van der Waals surface area contributed by atoms with Crippen molar-refractivity contribution in [1.82, 2.24) is 10.6 Å². The van der Waals surface area contributed by atoms with Gasteiger partial charge in [-0.25, -0.2) is 0 Å². The number of carbonyl (C=O) groups excluding carboxylic acids is 2. The molecule has 6 heteroatoms. The largest absolute Gasteiger partial charge is 0.378 e. The number of rotatable bonds is 10. The van der Waals surface area contributed by atoms with Gasteiger partial charge in [0.2, 0.25) is 5.91 Å². The van der Waals surface area contributed by atoms with Crippen molar-refractivity contribution in [3.63, 3.8) is 0 Å². The summed E-state index contributed by atoms with van der Waals surface area (Å²) < 4.78 is 0. The zero-order chi connectivity index (χ0) is 23.3. The molecule has 0 aromatic rings. The number of nitrogens with one attached hydrogen (secondary N) is 2. The predicted octanol–water partition coefficient (Wildman–Crippen LogP) is 5.24. The normalized spacial score (nSPS) is 26.9. The van der Waals surface area contributed by atoms with Gasteiger partial charge in [-0.05, 0) is 61.7 Å². The fourth-order valence-electron chi connectivity index (χ4n) is 5.41. The van der Waals surface area contributed by atoms with E-state index in [1.807, 2.05) is 12.2 Å². The topological polar surface area (TPSA) is 78.4 Å². The molecule has 1 amide bonds. The second-order valence-electron chi connectivity index (χ2n) is 10.2. The van der Waals surface area contributed by atoms with Gasteiger partial charge in [0.1, 0.15) is 12.5 Å². The third kappa shape index (κ3) is 9.58. The number of hydrogen-bond acceptors (Lipinski definition) is 5. The first-order valence-corrected chi connectivity index (χ1v) is 14.2. The lowest BCUT2D eigenvalue weighted by Crippen LogP contribution is -2.44. The van der Waals surface area contributed by atoms with E-state index < -0.39 is 6.23 Å². The molecule has 3 rings (SSSR count). The Morgan fingerprint density at radius 3 is 2.30 bits per heavy atom. The lowest BCUT2D eigenvalue weighted by atomic mass is 9.80. The summed E-state index contributed by atoms with van der Waals surface area (Å²) >= 11 is 1.51. The molecule has 2 unspecified atom stereocenters. The Kier molecular flexibility index (Phi) is 12.0. The number of thioether (sulfide) groups is 1. The van der Waals surface area contributed by atoms with Crippen LogP contribution in [0.5, 0.6) is 0 Å². The van der Waals surface area contributed by atoms with Gasteiger partial charge < -0.3 is 15.2 Å². The third-order valence-electron chi connectivity index (χ3n) is 7.55. The van der Waals surface area contributed by atoms with E-state index in [4.69, 9.17) is 0 Å². The van der Waals surface area contributed by atoms with Crippen LogP contribution >= 0.6 is 11.8 Å². The van der Waals surface area contributed by atoms with Gasteiger partial charge in [-0.1, -0.05) is 63.2 Å². The number of aliphatic hydroxyl groups is 1. The first-order valence-electron chi connectivity index (χ1n) is 13.3. The summed E-state index contributed by atoms with van der Waals surface area (Å²) in [5, 5.41) is 17.2. The average molecular weight is 477 g/mol. The highest BCUT2D eigenvalue weighted by molar-refractivity contribution is 8.04. The second kappa shape index (κ2) is 15.0. The first-order chi connectivity index (χ1) is 16.2. The van der Waals surface area contributed by atoms with Crippen molar-refractivity contribution < 1.29 is 14.7 Å². The van der Waals surface area contributed by atoms with Crippen LogP contribution in [0.3, 0.4) is 0 Å². The standard InChI is InChI=1S/C27H44N2O3S/c30-19-18-25(33-24-12-8-9-13-24)27(32)28-20-21-14-16-22(17-15-21)26(31)29-23-10-6-4-2-1-3-5-7-11-23/h8-9,12,19,21-23,25-26,29,31H,1-7,10-11,13-18,20H2,(H,28,32). The van der Waals surface area contributed by atoms with E-state index in [0.717, 1.165) is 43.3 Å². The van der Waals surface area contributed by atoms with Crippen LogP contribution in [-0.4, -0.2) is 41.4 Å². The maximum Gasteiger partial charge on any atom is 0.233 e. The van der Waals surface area contributed by atoms with Crippen molar-refractivity contribution in [1.29, 1.82) is 0 Å². The summed E-state index contributed by atoms with van der Waals surface area (Å²) in [5.41, 5.74) is 0. The van der Waals surface area contributed by atoms with Gasteiger partial charge in [-0.2, -0.15) is 0 Å². The fraction of sp³-hybridized carbons (Fsp3) is 0.778. The molecule has 0 aromatic heterocycles. The van der Waals surface area contributed by atoms with Crippen molar-refractivity contribution in [3.05, 3.63) is 23.1 Å². The van der Waals surface area contributed by atoms with Gasteiger partial charge in [-0.3, -0.25) is 10.1 Å². The minimum atomic E-state index is -0.407. The minimum absolute atomic E-state index is 0.0280. The van der Waals surface area contributed by atoms with E-state index >= 15 is 0 Å². The van der Waals surface area contributed by atoms with E-state index in [-0.39, 0.29) is 17.6 Å². The van der Waals surface area contributed by atoms with Crippen LogP contribution in [0.15, 0.2) is 23.1 Å². The summed E-state index contributed by atoms with van der Waals surface area (Å²) in [7, 11) is 0. The number of hydrogen-bond donors (Lipinski definition) is 3. The maximum absolute atomic E-state index is 12.7. The third-order valence-corrected chi connectivity index (χ3v) is 8.84. The van der Waals surface area contributed by atoms with Crippen LogP contribution in [0.2, 0.25) is 0 Å². The molecule has 0 radical (unpaired) electrons. The molecule has 2 fully saturated rings. The predicted molar refractivity (Wildman–Crippen MR) is 137 cm³/mol. The van der Waals surface area contributed by atoms with Gasteiger partial charge >= 0.3 is 0 Å². The highest BCUT2D eigenvalue weighted by Gasteiger charge is 2.29. The zero-order valence-electron chi connectivity index (χ0n) is 20.2. The second-order valence-corrected chi connectivity index (χ2v) is 11.5. The highest BCUT2D eigenvalue weighted by atomic mass is 32.2. The molecule has 3 N–H and O–H groups in total. The molecule has 0 saturated heterocycles. The van der Waals surface area contributed by atoms with E-state index in [9.17, 15) is 14.7 Å². The number of aldehydes is 1. The number of allylic oxidation sites excluding steroid dienone is 4.